The van der Waals surface area contributed by atoms with Gasteiger partial charge in [-0.15, -0.1) is 0 Å². The third-order valence-electron chi connectivity index (χ3n) is 3.27. The number of piperidine rings is 1. The Morgan fingerprint density at radius 3 is 2.94 bits per heavy atom. The van der Waals surface area contributed by atoms with E-state index in [-0.39, 0.29) is 5.92 Å². The first-order chi connectivity index (χ1) is 8.08. The van der Waals surface area contributed by atoms with Crippen LogP contribution in [0.3, 0.4) is 0 Å². The molecule has 1 fully saturated rings. The van der Waals surface area contributed by atoms with Crippen LogP contribution in [0, 0.1) is 12.8 Å². The van der Waals surface area contributed by atoms with Gasteiger partial charge in [0.05, 0.1) is 5.92 Å². The molecule has 1 unspecified atom stereocenters. The second-order valence-corrected chi connectivity index (χ2v) is 4.99. The van der Waals surface area contributed by atoms with E-state index in [4.69, 9.17) is 16.7 Å². The molecule has 1 aliphatic rings. The fraction of sp³-hybridized carbons (Fsp3) is 0.462. The molecule has 0 spiro atoms. The minimum atomic E-state index is -0.693. The van der Waals surface area contributed by atoms with Gasteiger partial charge < -0.3 is 10.0 Å². The summed E-state index contributed by atoms with van der Waals surface area (Å²) in [5.41, 5.74) is 2.20. The van der Waals surface area contributed by atoms with E-state index in [1.165, 1.54) is 0 Å². The molecule has 1 heterocycles. The van der Waals surface area contributed by atoms with Gasteiger partial charge in [0.15, 0.2) is 0 Å². The van der Waals surface area contributed by atoms with Crippen molar-refractivity contribution in [2.45, 2.75) is 19.8 Å². The van der Waals surface area contributed by atoms with Crippen LogP contribution in [0.4, 0.5) is 5.69 Å². The molecule has 4 heteroatoms. The van der Waals surface area contributed by atoms with Crippen molar-refractivity contribution in [1.29, 1.82) is 0 Å². The van der Waals surface area contributed by atoms with Gasteiger partial charge in [0, 0.05) is 23.8 Å². The number of aryl methyl sites for hydroxylation is 1. The van der Waals surface area contributed by atoms with Gasteiger partial charge in [-0.05, 0) is 43.5 Å². The van der Waals surface area contributed by atoms with Gasteiger partial charge in [0.1, 0.15) is 0 Å². The lowest BCUT2D eigenvalue weighted by Gasteiger charge is -2.33. The largest absolute Gasteiger partial charge is 0.481 e. The highest BCUT2D eigenvalue weighted by Gasteiger charge is 2.25. The van der Waals surface area contributed by atoms with Crippen LogP contribution in [0.25, 0.3) is 0 Å². The molecule has 2 rings (SSSR count). The highest BCUT2D eigenvalue weighted by molar-refractivity contribution is 6.30. The van der Waals surface area contributed by atoms with Crippen molar-refractivity contribution >= 4 is 23.3 Å². The number of rotatable bonds is 2. The van der Waals surface area contributed by atoms with E-state index in [1.807, 2.05) is 25.1 Å². The van der Waals surface area contributed by atoms with Crippen molar-refractivity contribution in [3.63, 3.8) is 0 Å². The molecule has 92 valence electrons. The van der Waals surface area contributed by atoms with E-state index >= 15 is 0 Å². The number of halogens is 1. The zero-order valence-electron chi connectivity index (χ0n) is 9.82. The van der Waals surface area contributed by atoms with Crippen LogP contribution in [0.2, 0.25) is 5.02 Å². The lowest BCUT2D eigenvalue weighted by molar-refractivity contribution is -0.141. The molecular weight excluding hydrogens is 238 g/mol. The number of hydrogen-bond acceptors (Lipinski definition) is 2. The maximum atomic E-state index is 11.0. The van der Waals surface area contributed by atoms with Gasteiger partial charge in [0.2, 0.25) is 0 Å². The SMILES string of the molecule is Cc1cc(Cl)ccc1N1CCCC(C(=O)O)C1. The first-order valence-corrected chi connectivity index (χ1v) is 6.19. The summed E-state index contributed by atoms with van der Waals surface area (Å²) in [5.74, 6) is -0.944. The smallest absolute Gasteiger partial charge is 0.308 e. The summed E-state index contributed by atoms with van der Waals surface area (Å²) >= 11 is 5.92. The molecule has 1 aromatic carbocycles. The van der Waals surface area contributed by atoms with E-state index in [2.05, 4.69) is 4.90 Å². The Kier molecular flexibility index (Phi) is 3.57. The maximum Gasteiger partial charge on any atom is 0.308 e. The lowest BCUT2D eigenvalue weighted by Crippen LogP contribution is -2.39. The van der Waals surface area contributed by atoms with E-state index in [0.717, 1.165) is 35.7 Å². The molecule has 3 nitrogen and oxygen atoms in total. The van der Waals surface area contributed by atoms with Crippen LogP contribution in [-0.2, 0) is 4.79 Å². The van der Waals surface area contributed by atoms with Crippen LogP contribution in [0.1, 0.15) is 18.4 Å². The Labute approximate surface area is 106 Å². The Morgan fingerprint density at radius 2 is 2.29 bits per heavy atom. The average Bonchev–Trinajstić information content (AvgIpc) is 2.29. The van der Waals surface area contributed by atoms with Crippen molar-refractivity contribution in [2.24, 2.45) is 5.92 Å². The normalized spacial score (nSPS) is 20.4. The van der Waals surface area contributed by atoms with Gasteiger partial charge in [-0.1, -0.05) is 11.6 Å². The molecule has 0 amide bonds. The number of carboxylic acids is 1. The second kappa shape index (κ2) is 4.96. The first kappa shape index (κ1) is 12.2. The summed E-state index contributed by atoms with van der Waals surface area (Å²) in [6.07, 6.45) is 1.71. The van der Waals surface area contributed by atoms with Gasteiger partial charge in [0.25, 0.3) is 0 Å². The monoisotopic (exact) mass is 253 g/mol. The van der Waals surface area contributed by atoms with Gasteiger partial charge in [-0.2, -0.15) is 0 Å². The maximum absolute atomic E-state index is 11.0. The second-order valence-electron chi connectivity index (χ2n) is 4.55. The Balaban J connectivity index is 2.19. The topological polar surface area (TPSA) is 40.5 Å². The summed E-state index contributed by atoms with van der Waals surface area (Å²) < 4.78 is 0. The molecule has 17 heavy (non-hydrogen) atoms. The first-order valence-electron chi connectivity index (χ1n) is 5.82. The highest BCUT2D eigenvalue weighted by Crippen LogP contribution is 2.28. The molecule has 0 aliphatic carbocycles. The van der Waals surface area contributed by atoms with Crippen LogP contribution >= 0.6 is 11.6 Å². The summed E-state index contributed by atoms with van der Waals surface area (Å²) in [5, 5.41) is 9.79. The minimum Gasteiger partial charge on any atom is -0.481 e. The molecule has 0 aromatic heterocycles. The summed E-state index contributed by atoms with van der Waals surface area (Å²) in [7, 11) is 0. The number of anilines is 1. The molecular formula is C13H16ClNO2. The molecule has 1 atom stereocenters. The number of hydrogen-bond donors (Lipinski definition) is 1. The predicted octanol–water partition coefficient (Wildman–Crippen LogP) is 2.95. The Morgan fingerprint density at radius 1 is 1.53 bits per heavy atom. The fourth-order valence-corrected chi connectivity index (χ4v) is 2.60. The number of aliphatic carboxylic acids is 1. The highest BCUT2D eigenvalue weighted by atomic mass is 35.5. The molecule has 0 saturated carbocycles. The zero-order chi connectivity index (χ0) is 12.4. The zero-order valence-corrected chi connectivity index (χ0v) is 10.6. The molecule has 1 N–H and O–H groups in total. The van der Waals surface area contributed by atoms with Crippen molar-refractivity contribution in [2.75, 3.05) is 18.0 Å². The lowest BCUT2D eigenvalue weighted by atomic mass is 9.97. The standard InChI is InChI=1S/C13H16ClNO2/c1-9-7-11(14)4-5-12(9)15-6-2-3-10(8-15)13(16)17/h4-5,7,10H,2-3,6,8H2,1H3,(H,16,17). The third kappa shape index (κ3) is 2.72. The fourth-order valence-electron chi connectivity index (χ4n) is 2.37. The average molecular weight is 254 g/mol. The van der Waals surface area contributed by atoms with Crippen LogP contribution in [-0.4, -0.2) is 24.2 Å². The predicted molar refractivity (Wildman–Crippen MR) is 68.8 cm³/mol. The van der Waals surface area contributed by atoms with Gasteiger partial charge in [-0.25, -0.2) is 0 Å². The Hall–Kier alpha value is -1.22. The summed E-state index contributed by atoms with van der Waals surface area (Å²) in [6.45, 7) is 3.52. The van der Waals surface area contributed by atoms with E-state index in [1.54, 1.807) is 0 Å². The van der Waals surface area contributed by atoms with Crippen molar-refractivity contribution in [3.05, 3.63) is 28.8 Å². The van der Waals surface area contributed by atoms with Crippen molar-refractivity contribution in [3.8, 4) is 0 Å². The van der Waals surface area contributed by atoms with Crippen LogP contribution < -0.4 is 4.90 Å². The molecule has 1 aromatic rings. The van der Waals surface area contributed by atoms with E-state index < -0.39 is 5.97 Å². The summed E-state index contributed by atoms with van der Waals surface area (Å²) in [6, 6.07) is 5.75. The van der Waals surface area contributed by atoms with Crippen LogP contribution in [0.15, 0.2) is 18.2 Å². The summed E-state index contributed by atoms with van der Waals surface area (Å²) in [4.78, 5) is 13.2. The van der Waals surface area contributed by atoms with E-state index in [0.29, 0.717) is 6.54 Å². The molecule has 0 radical (unpaired) electrons. The minimum absolute atomic E-state index is 0.251. The number of nitrogens with zero attached hydrogens (tertiary/aromatic N) is 1. The van der Waals surface area contributed by atoms with Crippen molar-refractivity contribution < 1.29 is 9.90 Å². The number of benzene rings is 1. The van der Waals surface area contributed by atoms with Gasteiger partial charge >= 0.3 is 5.97 Å². The number of carbonyl (C=O) groups is 1. The molecule has 1 aliphatic heterocycles. The van der Waals surface area contributed by atoms with E-state index in [9.17, 15) is 4.79 Å². The quantitative estimate of drug-likeness (QED) is 0.881. The van der Waals surface area contributed by atoms with Crippen LogP contribution in [0.5, 0.6) is 0 Å². The molecule has 1 saturated heterocycles. The van der Waals surface area contributed by atoms with Gasteiger partial charge in [-0.3, -0.25) is 4.79 Å². The van der Waals surface area contributed by atoms with Crippen molar-refractivity contribution in [1.82, 2.24) is 0 Å². The third-order valence-corrected chi connectivity index (χ3v) is 3.51. The number of carboxylic acid groups (broad SMARTS) is 1. The molecule has 0 bridgehead atoms. The Bertz CT molecular complexity index is 433.